The summed E-state index contributed by atoms with van der Waals surface area (Å²) in [6.07, 6.45) is 0. The number of hydrogen-bond acceptors (Lipinski definition) is 3. The van der Waals surface area contributed by atoms with Crippen LogP contribution in [0.15, 0.2) is 48.5 Å². The van der Waals surface area contributed by atoms with Crippen LogP contribution < -0.4 is 4.74 Å². The zero-order valence-corrected chi connectivity index (χ0v) is 10.8. The largest absolute Gasteiger partial charge is 0.485 e. The fourth-order valence-electron chi connectivity index (χ4n) is 1.66. The van der Waals surface area contributed by atoms with E-state index < -0.39 is 0 Å². The molecule has 0 spiro atoms. The minimum Gasteiger partial charge on any atom is -0.485 e. The summed E-state index contributed by atoms with van der Waals surface area (Å²) in [4.78, 5) is 11.9. The van der Waals surface area contributed by atoms with Crippen LogP contribution in [0.3, 0.4) is 0 Å². The number of carbonyl (C=O) groups is 1. The van der Waals surface area contributed by atoms with Crippen LogP contribution in [0.5, 0.6) is 5.75 Å². The first-order valence-corrected chi connectivity index (χ1v) is 6.11. The van der Waals surface area contributed by atoms with Gasteiger partial charge in [0.2, 0.25) is 0 Å². The van der Waals surface area contributed by atoms with Gasteiger partial charge in [0.25, 0.3) is 0 Å². The zero-order chi connectivity index (χ0) is 13.7. The Hall–Kier alpha value is -2.13. The Morgan fingerprint density at radius 1 is 1.05 bits per heavy atom. The molecule has 3 heteroatoms. The number of hydrogen-bond donors (Lipinski definition) is 1. The highest BCUT2D eigenvalue weighted by Gasteiger charge is 2.06. The molecule has 0 atom stereocenters. The molecular weight excluding hydrogens is 240 g/mol. The van der Waals surface area contributed by atoms with E-state index in [-0.39, 0.29) is 19.0 Å². The maximum absolute atomic E-state index is 11.9. The third kappa shape index (κ3) is 3.66. The van der Waals surface area contributed by atoms with E-state index in [1.165, 1.54) is 0 Å². The molecule has 3 nitrogen and oxygen atoms in total. The lowest BCUT2D eigenvalue weighted by molar-refractivity contribution is 0.0921. The summed E-state index contributed by atoms with van der Waals surface area (Å²) in [6.45, 7) is 1.99. The standard InChI is InChI=1S/C16H16O3/c1-12-2-8-15(9-3-12)19-11-16(18)14-6-4-13(10-17)5-7-14/h2-9,17H,10-11H2,1H3. The van der Waals surface area contributed by atoms with E-state index >= 15 is 0 Å². The molecule has 0 bridgehead atoms. The average Bonchev–Trinajstić information content (AvgIpc) is 2.46. The van der Waals surface area contributed by atoms with Gasteiger partial charge in [0, 0.05) is 5.56 Å². The van der Waals surface area contributed by atoms with Gasteiger partial charge in [-0.3, -0.25) is 4.79 Å². The van der Waals surface area contributed by atoms with Gasteiger partial charge >= 0.3 is 0 Å². The number of benzene rings is 2. The van der Waals surface area contributed by atoms with E-state index in [1.807, 2.05) is 31.2 Å². The van der Waals surface area contributed by atoms with Crippen molar-refractivity contribution in [3.63, 3.8) is 0 Å². The van der Waals surface area contributed by atoms with Crippen molar-refractivity contribution in [1.82, 2.24) is 0 Å². The van der Waals surface area contributed by atoms with Gasteiger partial charge in [-0.1, -0.05) is 42.0 Å². The Labute approximate surface area is 112 Å². The summed E-state index contributed by atoms with van der Waals surface area (Å²) in [5, 5.41) is 8.93. The van der Waals surface area contributed by atoms with Gasteiger partial charge in [-0.05, 0) is 24.6 Å². The molecule has 0 saturated heterocycles. The summed E-state index contributed by atoms with van der Waals surface area (Å²) in [5.74, 6) is 0.607. The van der Waals surface area contributed by atoms with Crippen LogP contribution in [-0.2, 0) is 6.61 Å². The molecule has 2 rings (SSSR count). The van der Waals surface area contributed by atoms with E-state index in [0.29, 0.717) is 11.3 Å². The monoisotopic (exact) mass is 256 g/mol. The maximum atomic E-state index is 11.9. The van der Waals surface area contributed by atoms with Crippen molar-refractivity contribution in [2.45, 2.75) is 13.5 Å². The predicted molar refractivity (Wildman–Crippen MR) is 73.4 cm³/mol. The molecule has 1 N–H and O–H groups in total. The molecule has 0 fully saturated rings. The Kier molecular flexibility index (Phi) is 4.31. The second kappa shape index (κ2) is 6.16. The predicted octanol–water partition coefficient (Wildman–Crippen LogP) is 2.75. The summed E-state index contributed by atoms with van der Waals surface area (Å²) in [5.41, 5.74) is 2.53. The van der Waals surface area contributed by atoms with E-state index in [4.69, 9.17) is 9.84 Å². The van der Waals surface area contributed by atoms with Crippen molar-refractivity contribution in [1.29, 1.82) is 0 Å². The van der Waals surface area contributed by atoms with Crippen molar-refractivity contribution in [2.24, 2.45) is 0 Å². The van der Waals surface area contributed by atoms with E-state index in [9.17, 15) is 4.79 Å². The highest BCUT2D eigenvalue weighted by Crippen LogP contribution is 2.12. The van der Waals surface area contributed by atoms with Crippen LogP contribution in [0, 0.1) is 6.92 Å². The number of rotatable bonds is 5. The quantitative estimate of drug-likeness (QED) is 0.837. The molecule has 0 aliphatic rings. The number of ether oxygens (including phenoxy) is 1. The van der Waals surface area contributed by atoms with Gasteiger partial charge in [0.15, 0.2) is 12.4 Å². The minimum absolute atomic E-state index is 0.0154. The Balaban J connectivity index is 1.95. The topological polar surface area (TPSA) is 46.5 Å². The highest BCUT2D eigenvalue weighted by atomic mass is 16.5. The third-order valence-electron chi connectivity index (χ3n) is 2.85. The molecule has 0 aliphatic heterocycles. The summed E-state index contributed by atoms with van der Waals surface area (Å²) in [6, 6.07) is 14.4. The third-order valence-corrected chi connectivity index (χ3v) is 2.85. The molecule has 0 heterocycles. The fourth-order valence-corrected chi connectivity index (χ4v) is 1.66. The van der Waals surface area contributed by atoms with Crippen LogP contribution in [-0.4, -0.2) is 17.5 Å². The molecule has 0 aromatic heterocycles. The summed E-state index contributed by atoms with van der Waals surface area (Å²) in [7, 11) is 0. The maximum Gasteiger partial charge on any atom is 0.200 e. The van der Waals surface area contributed by atoms with Crippen molar-refractivity contribution in [2.75, 3.05) is 6.61 Å². The molecule has 2 aromatic rings. The van der Waals surface area contributed by atoms with Gasteiger partial charge in [-0.15, -0.1) is 0 Å². The first kappa shape index (κ1) is 13.3. The smallest absolute Gasteiger partial charge is 0.200 e. The van der Waals surface area contributed by atoms with Gasteiger partial charge in [0.1, 0.15) is 5.75 Å². The van der Waals surface area contributed by atoms with E-state index in [0.717, 1.165) is 11.1 Å². The minimum atomic E-state index is -0.0786. The van der Waals surface area contributed by atoms with E-state index in [1.54, 1.807) is 24.3 Å². The molecule has 0 radical (unpaired) electrons. The van der Waals surface area contributed by atoms with Crippen molar-refractivity contribution in [3.05, 3.63) is 65.2 Å². The fraction of sp³-hybridized carbons (Fsp3) is 0.188. The van der Waals surface area contributed by atoms with Crippen LogP contribution in [0.25, 0.3) is 0 Å². The lowest BCUT2D eigenvalue weighted by Crippen LogP contribution is -2.11. The number of aryl methyl sites for hydroxylation is 1. The SMILES string of the molecule is Cc1ccc(OCC(=O)c2ccc(CO)cc2)cc1. The Morgan fingerprint density at radius 3 is 2.26 bits per heavy atom. The Bertz CT molecular complexity index is 541. The van der Waals surface area contributed by atoms with Crippen LogP contribution in [0.4, 0.5) is 0 Å². The molecule has 0 unspecified atom stereocenters. The number of carbonyl (C=O) groups excluding carboxylic acids is 1. The lowest BCUT2D eigenvalue weighted by Gasteiger charge is -2.06. The zero-order valence-electron chi connectivity index (χ0n) is 10.8. The number of aliphatic hydroxyl groups excluding tert-OH is 1. The number of Topliss-reactive ketones (excluding diaryl/α,β-unsaturated/α-hetero) is 1. The second-order valence-corrected chi connectivity index (χ2v) is 4.38. The molecule has 2 aromatic carbocycles. The van der Waals surface area contributed by atoms with E-state index in [2.05, 4.69) is 0 Å². The number of aliphatic hydroxyl groups is 1. The molecule has 0 saturated carbocycles. The first-order valence-electron chi connectivity index (χ1n) is 6.11. The molecular formula is C16H16O3. The van der Waals surface area contributed by atoms with Crippen LogP contribution >= 0.6 is 0 Å². The van der Waals surface area contributed by atoms with Crippen LogP contribution in [0.1, 0.15) is 21.5 Å². The average molecular weight is 256 g/mol. The van der Waals surface area contributed by atoms with Gasteiger partial charge in [-0.25, -0.2) is 0 Å². The number of ketones is 1. The van der Waals surface area contributed by atoms with Crippen molar-refractivity contribution in [3.8, 4) is 5.75 Å². The van der Waals surface area contributed by atoms with Crippen molar-refractivity contribution < 1.29 is 14.6 Å². The van der Waals surface area contributed by atoms with Crippen molar-refractivity contribution >= 4 is 5.78 Å². The first-order chi connectivity index (χ1) is 9.19. The summed E-state index contributed by atoms with van der Waals surface area (Å²) < 4.78 is 5.43. The lowest BCUT2D eigenvalue weighted by atomic mass is 10.1. The van der Waals surface area contributed by atoms with Gasteiger partial charge in [-0.2, -0.15) is 0 Å². The normalized spacial score (nSPS) is 10.2. The molecule has 0 amide bonds. The molecule has 0 aliphatic carbocycles. The second-order valence-electron chi connectivity index (χ2n) is 4.38. The highest BCUT2D eigenvalue weighted by molar-refractivity contribution is 5.97. The molecule has 98 valence electrons. The Morgan fingerprint density at radius 2 is 1.68 bits per heavy atom. The molecule has 19 heavy (non-hydrogen) atoms. The van der Waals surface area contributed by atoms with Gasteiger partial charge in [0.05, 0.1) is 6.61 Å². The van der Waals surface area contributed by atoms with Gasteiger partial charge < -0.3 is 9.84 Å². The van der Waals surface area contributed by atoms with Crippen LogP contribution in [0.2, 0.25) is 0 Å². The summed E-state index contributed by atoms with van der Waals surface area (Å²) >= 11 is 0.